The maximum Gasteiger partial charge on any atom is 0.414 e. The number of alkyl halides is 3. The van der Waals surface area contributed by atoms with Gasteiger partial charge >= 0.3 is 6.18 Å². The van der Waals surface area contributed by atoms with Crippen LogP contribution in [0.2, 0.25) is 0 Å². The summed E-state index contributed by atoms with van der Waals surface area (Å²) in [5.74, 6) is 0. The molecule has 3 rings (SSSR count). The molecule has 0 bridgehead atoms. The van der Waals surface area contributed by atoms with Crippen LogP contribution in [0.4, 0.5) is 13.2 Å². The summed E-state index contributed by atoms with van der Waals surface area (Å²) < 4.78 is 39.2. The van der Waals surface area contributed by atoms with Crippen molar-refractivity contribution in [1.29, 1.82) is 0 Å². The molecule has 0 amide bonds. The van der Waals surface area contributed by atoms with Crippen LogP contribution in [0.5, 0.6) is 0 Å². The van der Waals surface area contributed by atoms with Gasteiger partial charge in [-0.05, 0) is 17.5 Å². The van der Waals surface area contributed by atoms with Crippen molar-refractivity contribution in [3.8, 4) is 0 Å². The molecule has 4 heteroatoms. The van der Waals surface area contributed by atoms with Gasteiger partial charge in [0.25, 0.3) is 0 Å². The van der Waals surface area contributed by atoms with Gasteiger partial charge in [-0.3, -0.25) is 0 Å². The maximum atomic E-state index is 13.1. The highest BCUT2D eigenvalue weighted by Gasteiger charge is 2.45. The fourth-order valence-electron chi connectivity index (χ4n) is 2.94. The van der Waals surface area contributed by atoms with Gasteiger partial charge in [0.05, 0.1) is 11.1 Å². The molecule has 1 unspecified atom stereocenters. The first-order valence-corrected chi connectivity index (χ1v) is 7.13. The molecule has 0 radical (unpaired) electrons. The Balaban J connectivity index is 1.95. The van der Waals surface area contributed by atoms with Crippen LogP contribution in [0.25, 0.3) is 0 Å². The average Bonchev–Trinajstić information content (AvgIpc) is 2.95. The largest absolute Gasteiger partial charge is 0.414 e. The van der Waals surface area contributed by atoms with E-state index in [4.69, 9.17) is 0 Å². The van der Waals surface area contributed by atoms with E-state index in [1.54, 1.807) is 0 Å². The quantitative estimate of drug-likeness (QED) is 0.876. The molecule has 0 fully saturated rings. The van der Waals surface area contributed by atoms with Gasteiger partial charge in [0.1, 0.15) is 0 Å². The van der Waals surface area contributed by atoms with Crippen LogP contribution in [-0.4, -0.2) is 6.18 Å². The van der Waals surface area contributed by atoms with Gasteiger partial charge in [0, 0.05) is 12.6 Å². The second-order valence-corrected chi connectivity index (χ2v) is 5.60. The van der Waals surface area contributed by atoms with E-state index in [1.165, 1.54) is 0 Å². The fraction of sp³-hybridized carbons (Fsp3) is 0.222. The van der Waals surface area contributed by atoms with E-state index in [2.05, 4.69) is 5.32 Å². The smallest absolute Gasteiger partial charge is 0.380 e. The summed E-state index contributed by atoms with van der Waals surface area (Å²) in [7, 11) is 0. The lowest BCUT2D eigenvalue weighted by molar-refractivity contribution is -0.0942. The minimum absolute atomic E-state index is 0.0601. The summed E-state index contributed by atoms with van der Waals surface area (Å²) in [4.78, 5) is 0. The molecule has 0 aliphatic carbocycles. The number of benzene rings is 2. The highest BCUT2D eigenvalue weighted by atomic mass is 19.4. The van der Waals surface area contributed by atoms with Gasteiger partial charge < -0.3 is 5.32 Å². The molecule has 2 aromatic rings. The van der Waals surface area contributed by atoms with Gasteiger partial charge in [-0.2, -0.15) is 13.2 Å². The third kappa shape index (κ3) is 2.86. The molecule has 0 spiro atoms. The zero-order valence-electron chi connectivity index (χ0n) is 11.9. The highest BCUT2D eigenvalue weighted by molar-refractivity contribution is 5.35. The zero-order valence-corrected chi connectivity index (χ0v) is 11.9. The summed E-state index contributed by atoms with van der Waals surface area (Å²) in [5, 5.41) is 3.01. The Morgan fingerprint density at radius 1 is 0.909 bits per heavy atom. The van der Waals surface area contributed by atoms with Crippen LogP contribution in [0, 0.1) is 0 Å². The van der Waals surface area contributed by atoms with Crippen LogP contribution < -0.4 is 5.32 Å². The molecule has 114 valence electrons. The van der Waals surface area contributed by atoms with E-state index in [-0.39, 0.29) is 6.42 Å². The van der Waals surface area contributed by atoms with Gasteiger partial charge in [0.2, 0.25) is 0 Å². The lowest BCUT2D eigenvalue weighted by Crippen LogP contribution is -2.38. The van der Waals surface area contributed by atoms with Crippen molar-refractivity contribution >= 4 is 0 Å². The van der Waals surface area contributed by atoms with E-state index < -0.39 is 17.3 Å². The maximum absolute atomic E-state index is 13.1. The van der Waals surface area contributed by atoms with Crippen molar-refractivity contribution < 1.29 is 13.2 Å². The van der Waals surface area contributed by atoms with Crippen LogP contribution in [0.15, 0.2) is 72.4 Å². The summed E-state index contributed by atoms with van der Waals surface area (Å²) in [6.07, 6.45) is -2.72. The second-order valence-electron chi connectivity index (χ2n) is 5.60. The van der Waals surface area contributed by atoms with Gasteiger partial charge in [-0.1, -0.05) is 60.7 Å². The molecule has 1 heterocycles. The van der Waals surface area contributed by atoms with E-state index in [1.807, 2.05) is 60.7 Å². The molecule has 2 aromatic carbocycles. The third-order valence-electron chi connectivity index (χ3n) is 4.05. The van der Waals surface area contributed by atoms with Crippen LogP contribution in [-0.2, 0) is 12.0 Å². The van der Waals surface area contributed by atoms with Crippen molar-refractivity contribution in [2.45, 2.75) is 24.6 Å². The number of halogens is 3. The molecule has 22 heavy (non-hydrogen) atoms. The van der Waals surface area contributed by atoms with Crippen molar-refractivity contribution in [3.05, 3.63) is 83.6 Å². The zero-order chi connectivity index (χ0) is 15.6. The molecule has 0 saturated heterocycles. The van der Waals surface area contributed by atoms with E-state index in [9.17, 15) is 13.2 Å². The summed E-state index contributed by atoms with van der Waals surface area (Å²) in [6, 6.07) is 18.9. The minimum atomic E-state index is -4.29. The predicted molar refractivity (Wildman–Crippen MR) is 80.2 cm³/mol. The van der Waals surface area contributed by atoms with Crippen molar-refractivity contribution in [2.75, 3.05) is 0 Å². The SMILES string of the molecule is FC(F)(F)C1=CNC(Cc2ccccc2)(c2ccccc2)C1. The molecule has 1 atom stereocenters. The first-order valence-electron chi connectivity index (χ1n) is 7.13. The molecule has 1 aliphatic heterocycles. The topological polar surface area (TPSA) is 12.0 Å². The standard InChI is InChI=1S/C18H16F3N/c19-18(20,21)16-12-17(22-13-16,15-9-5-2-6-10-15)11-14-7-3-1-4-8-14/h1-10,13,22H,11-12H2. The molecule has 1 N–H and O–H groups in total. The highest BCUT2D eigenvalue weighted by Crippen LogP contribution is 2.42. The Bertz CT molecular complexity index is 662. The Morgan fingerprint density at radius 3 is 2.05 bits per heavy atom. The average molecular weight is 303 g/mol. The first kappa shape index (κ1) is 14.7. The molecule has 1 aliphatic rings. The number of hydrogen-bond acceptors (Lipinski definition) is 1. The first-order chi connectivity index (χ1) is 10.5. The minimum Gasteiger partial charge on any atom is -0.380 e. The lowest BCUT2D eigenvalue weighted by atomic mass is 9.81. The monoisotopic (exact) mass is 303 g/mol. The number of nitrogens with one attached hydrogen (secondary N) is 1. The summed E-state index contributed by atoms with van der Waals surface area (Å²) in [6.45, 7) is 0. The van der Waals surface area contributed by atoms with Crippen LogP contribution in [0.3, 0.4) is 0 Å². The van der Waals surface area contributed by atoms with E-state index in [0.717, 1.165) is 17.3 Å². The predicted octanol–water partition coefficient (Wildman–Crippen LogP) is 4.56. The lowest BCUT2D eigenvalue weighted by Gasteiger charge is -2.31. The normalized spacial score (nSPS) is 21.3. The summed E-state index contributed by atoms with van der Waals surface area (Å²) >= 11 is 0. The number of hydrogen-bond donors (Lipinski definition) is 1. The van der Waals surface area contributed by atoms with E-state index in [0.29, 0.717) is 6.42 Å². The molecular weight excluding hydrogens is 287 g/mol. The van der Waals surface area contributed by atoms with Gasteiger partial charge in [-0.25, -0.2) is 0 Å². The molecular formula is C18H16F3N. The van der Waals surface area contributed by atoms with Crippen molar-refractivity contribution in [1.82, 2.24) is 5.32 Å². The molecule has 0 saturated carbocycles. The van der Waals surface area contributed by atoms with Gasteiger partial charge in [-0.15, -0.1) is 0 Å². The Hall–Kier alpha value is -2.23. The summed E-state index contributed by atoms with van der Waals surface area (Å²) in [5.41, 5.74) is 0.630. The Labute approximate surface area is 127 Å². The Kier molecular flexibility index (Phi) is 3.69. The fourth-order valence-corrected chi connectivity index (χ4v) is 2.94. The number of rotatable bonds is 3. The van der Waals surface area contributed by atoms with Crippen molar-refractivity contribution in [2.24, 2.45) is 0 Å². The van der Waals surface area contributed by atoms with E-state index >= 15 is 0 Å². The van der Waals surface area contributed by atoms with Crippen LogP contribution >= 0.6 is 0 Å². The van der Waals surface area contributed by atoms with Gasteiger partial charge in [0.15, 0.2) is 0 Å². The third-order valence-corrected chi connectivity index (χ3v) is 4.05. The van der Waals surface area contributed by atoms with Crippen LogP contribution in [0.1, 0.15) is 17.5 Å². The molecule has 1 nitrogen and oxygen atoms in total. The van der Waals surface area contributed by atoms with Crippen molar-refractivity contribution in [3.63, 3.8) is 0 Å². The molecule has 0 aromatic heterocycles. The Morgan fingerprint density at radius 2 is 1.50 bits per heavy atom. The second kappa shape index (κ2) is 5.52.